The summed E-state index contributed by atoms with van der Waals surface area (Å²) in [4.78, 5) is 11.9. The van der Waals surface area contributed by atoms with Crippen LogP contribution in [0.15, 0.2) is 30.7 Å². The molecule has 2 aliphatic carbocycles. The molecule has 190 valence electrons. The molecule has 4 aliphatic rings. The quantitative estimate of drug-likeness (QED) is 0.508. The van der Waals surface area contributed by atoms with Gasteiger partial charge in [0, 0.05) is 28.2 Å². The molecule has 9 heteroatoms. The van der Waals surface area contributed by atoms with Crippen LogP contribution in [-0.4, -0.2) is 67.2 Å². The maximum Gasteiger partial charge on any atom is 0.227 e. The van der Waals surface area contributed by atoms with E-state index < -0.39 is 5.60 Å². The standard InChI is InChI=1S/C27H33ClN6O2/c1-24(2,35)26-13-27(26,14-26)34-12-19(11-30-34)31-23-29-10-18-8-21(28)20(9-22(18)32-23)17-4-6-33(7-5-17)25(3)15-36-16-25/h8-12,17,35H,4-7,13-16H2,1-3H3,(H,29,31,32). The van der Waals surface area contributed by atoms with Crippen molar-refractivity contribution in [1.29, 1.82) is 0 Å². The first-order chi connectivity index (χ1) is 17.1. The number of hydrogen-bond donors (Lipinski definition) is 2. The van der Waals surface area contributed by atoms with Gasteiger partial charge in [0.1, 0.15) is 0 Å². The molecule has 8 nitrogen and oxygen atoms in total. The number of aliphatic hydroxyl groups is 1. The molecule has 36 heavy (non-hydrogen) atoms. The van der Waals surface area contributed by atoms with Crippen LogP contribution >= 0.6 is 11.6 Å². The molecule has 0 spiro atoms. The Morgan fingerprint density at radius 3 is 2.56 bits per heavy atom. The van der Waals surface area contributed by atoms with Gasteiger partial charge in [0.15, 0.2) is 0 Å². The second-order valence-electron chi connectivity index (χ2n) is 12.2. The second-order valence-corrected chi connectivity index (χ2v) is 12.6. The minimum Gasteiger partial charge on any atom is -0.390 e. The van der Waals surface area contributed by atoms with Crippen molar-refractivity contribution in [2.75, 3.05) is 31.6 Å². The summed E-state index contributed by atoms with van der Waals surface area (Å²) in [6, 6.07) is 4.14. The molecule has 2 saturated heterocycles. The van der Waals surface area contributed by atoms with E-state index in [1.54, 1.807) is 0 Å². The van der Waals surface area contributed by atoms with E-state index in [1.807, 2.05) is 43.2 Å². The van der Waals surface area contributed by atoms with Crippen LogP contribution in [0.5, 0.6) is 0 Å². The summed E-state index contributed by atoms with van der Waals surface area (Å²) >= 11 is 6.74. The molecular weight excluding hydrogens is 476 g/mol. The number of rotatable bonds is 6. The highest BCUT2D eigenvalue weighted by molar-refractivity contribution is 6.32. The Labute approximate surface area is 216 Å². The molecule has 3 aromatic rings. The van der Waals surface area contributed by atoms with Gasteiger partial charge in [-0.3, -0.25) is 9.58 Å². The first kappa shape index (κ1) is 22.9. The van der Waals surface area contributed by atoms with Crippen LogP contribution in [0.1, 0.15) is 57.9 Å². The second kappa shape index (κ2) is 7.40. The number of nitrogens with one attached hydrogen (secondary N) is 1. The maximum absolute atomic E-state index is 10.5. The van der Waals surface area contributed by atoms with Gasteiger partial charge >= 0.3 is 0 Å². The highest BCUT2D eigenvalue weighted by Crippen LogP contribution is 2.87. The molecule has 0 amide bonds. The molecule has 2 aliphatic heterocycles. The number of anilines is 2. The van der Waals surface area contributed by atoms with Crippen molar-refractivity contribution in [3.05, 3.63) is 41.3 Å². The van der Waals surface area contributed by atoms with Crippen LogP contribution in [0, 0.1) is 5.41 Å². The van der Waals surface area contributed by atoms with Crippen molar-refractivity contribution >= 4 is 34.1 Å². The van der Waals surface area contributed by atoms with E-state index in [1.165, 1.54) is 5.56 Å². The number of aromatic nitrogens is 4. The number of halogens is 1. The van der Waals surface area contributed by atoms with Crippen molar-refractivity contribution < 1.29 is 9.84 Å². The molecule has 0 unspecified atom stereocenters. The Kier molecular flexibility index (Phi) is 4.71. The van der Waals surface area contributed by atoms with E-state index in [-0.39, 0.29) is 16.5 Å². The fourth-order valence-electron chi connectivity index (χ4n) is 6.74. The van der Waals surface area contributed by atoms with E-state index in [4.69, 9.17) is 21.3 Å². The van der Waals surface area contributed by atoms with Crippen LogP contribution in [0.25, 0.3) is 10.9 Å². The maximum atomic E-state index is 10.5. The van der Waals surface area contributed by atoms with E-state index in [0.717, 1.165) is 73.6 Å². The molecule has 4 fully saturated rings. The minimum atomic E-state index is -0.687. The Balaban J connectivity index is 1.08. The van der Waals surface area contributed by atoms with Gasteiger partial charge in [-0.15, -0.1) is 0 Å². The fraction of sp³-hybridized carbons (Fsp3) is 0.593. The Morgan fingerprint density at radius 2 is 1.92 bits per heavy atom. The zero-order chi connectivity index (χ0) is 24.9. The van der Waals surface area contributed by atoms with Crippen LogP contribution in [0.3, 0.4) is 0 Å². The largest absolute Gasteiger partial charge is 0.390 e. The van der Waals surface area contributed by atoms with Crippen LogP contribution in [0.4, 0.5) is 11.6 Å². The summed E-state index contributed by atoms with van der Waals surface area (Å²) in [5, 5.41) is 20.2. The number of benzene rings is 1. The van der Waals surface area contributed by atoms with Gasteiger partial charge in [-0.1, -0.05) is 11.6 Å². The predicted octanol–water partition coefficient (Wildman–Crippen LogP) is 4.45. The number of piperidine rings is 1. The lowest BCUT2D eigenvalue weighted by atomic mass is 9.86. The lowest BCUT2D eigenvalue weighted by molar-refractivity contribution is -0.136. The Morgan fingerprint density at radius 1 is 1.17 bits per heavy atom. The summed E-state index contributed by atoms with van der Waals surface area (Å²) in [6.07, 6.45) is 9.77. The lowest BCUT2D eigenvalue weighted by Crippen LogP contribution is -2.61. The molecule has 2 saturated carbocycles. The van der Waals surface area contributed by atoms with Crippen molar-refractivity contribution in [3.8, 4) is 0 Å². The summed E-state index contributed by atoms with van der Waals surface area (Å²) in [5.41, 5.74) is 2.38. The van der Waals surface area contributed by atoms with Gasteiger partial charge in [0.25, 0.3) is 0 Å². The van der Waals surface area contributed by atoms with Gasteiger partial charge in [0.2, 0.25) is 5.95 Å². The third-order valence-electron chi connectivity index (χ3n) is 9.50. The average molecular weight is 509 g/mol. The summed E-state index contributed by atoms with van der Waals surface area (Å²) < 4.78 is 7.47. The van der Waals surface area contributed by atoms with Gasteiger partial charge in [-0.2, -0.15) is 5.10 Å². The molecule has 4 heterocycles. The third kappa shape index (κ3) is 3.27. The first-order valence-electron chi connectivity index (χ1n) is 13.0. The van der Waals surface area contributed by atoms with E-state index in [2.05, 4.69) is 33.3 Å². The molecule has 1 aromatic carbocycles. The smallest absolute Gasteiger partial charge is 0.227 e. The van der Waals surface area contributed by atoms with Gasteiger partial charge in [0.05, 0.1) is 47.3 Å². The fourth-order valence-corrected chi connectivity index (χ4v) is 7.07. The first-order valence-corrected chi connectivity index (χ1v) is 13.3. The summed E-state index contributed by atoms with van der Waals surface area (Å²) in [6.45, 7) is 9.91. The van der Waals surface area contributed by atoms with Crippen molar-refractivity contribution in [2.45, 2.75) is 69.1 Å². The number of fused-ring (bicyclic) bond motifs is 2. The zero-order valence-electron chi connectivity index (χ0n) is 21.1. The Hall–Kier alpha value is -2.26. The zero-order valence-corrected chi connectivity index (χ0v) is 21.8. The third-order valence-corrected chi connectivity index (χ3v) is 9.83. The number of hydrogen-bond acceptors (Lipinski definition) is 7. The van der Waals surface area contributed by atoms with Crippen molar-refractivity contribution in [2.24, 2.45) is 5.41 Å². The average Bonchev–Trinajstić information content (AvgIpc) is 3.61. The van der Waals surface area contributed by atoms with Gasteiger partial charge in [-0.25, -0.2) is 9.97 Å². The van der Waals surface area contributed by atoms with Crippen LogP contribution in [-0.2, 0) is 10.3 Å². The molecule has 7 rings (SSSR count). The van der Waals surface area contributed by atoms with Crippen LogP contribution in [0.2, 0.25) is 5.02 Å². The normalized spacial score (nSPS) is 29.6. The van der Waals surface area contributed by atoms with Crippen molar-refractivity contribution in [3.63, 3.8) is 0 Å². The molecule has 0 bridgehead atoms. The lowest BCUT2D eigenvalue weighted by Gasteiger charge is -2.50. The minimum absolute atomic E-state index is 0.0280. The molecular formula is C27H33ClN6O2. The number of nitrogens with zero attached hydrogens (tertiary/aromatic N) is 5. The Bertz CT molecular complexity index is 1350. The van der Waals surface area contributed by atoms with Gasteiger partial charge in [-0.05, 0) is 83.2 Å². The molecule has 2 N–H and O–H groups in total. The molecule has 2 aromatic heterocycles. The summed E-state index contributed by atoms with van der Waals surface area (Å²) in [7, 11) is 0. The van der Waals surface area contributed by atoms with E-state index in [9.17, 15) is 5.11 Å². The monoisotopic (exact) mass is 508 g/mol. The van der Waals surface area contributed by atoms with E-state index >= 15 is 0 Å². The number of ether oxygens (including phenoxy) is 1. The topological polar surface area (TPSA) is 88.3 Å². The highest BCUT2D eigenvalue weighted by atomic mass is 35.5. The number of likely N-dealkylation sites (tertiary alicyclic amines) is 1. The van der Waals surface area contributed by atoms with Gasteiger partial charge < -0.3 is 15.2 Å². The SMILES string of the molecule is CC1(N2CCC(c3cc4nc(Nc5cnn(C67CC6(C(C)(C)O)C7)c5)ncc4cc3Cl)CC2)COC1. The van der Waals surface area contributed by atoms with Crippen LogP contribution < -0.4 is 5.32 Å². The van der Waals surface area contributed by atoms with E-state index in [0.29, 0.717) is 11.9 Å². The molecule has 0 radical (unpaired) electrons. The summed E-state index contributed by atoms with van der Waals surface area (Å²) in [5.74, 6) is 0.973. The highest BCUT2D eigenvalue weighted by Gasteiger charge is 2.89. The van der Waals surface area contributed by atoms with Crippen molar-refractivity contribution in [1.82, 2.24) is 24.6 Å². The predicted molar refractivity (Wildman–Crippen MR) is 139 cm³/mol. The molecule has 0 atom stereocenters.